The summed E-state index contributed by atoms with van der Waals surface area (Å²) in [5.74, 6) is -1.00. The average molecular weight is 577 g/mol. The van der Waals surface area contributed by atoms with Gasteiger partial charge in [-0.25, -0.2) is 0 Å². The Kier molecular flexibility index (Phi) is 8.51. The highest BCUT2D eigenvalue weighted by atomic mass is 35.5. The number of thioether (sulfide) groups is 1. The lowest BCUT2D eigenvalue weighted by molar-refractivity contribution is -0.137. The summed E-state index contributed by atoms with van der Waals surface area (Å²) in [5.41, 5.74) is 0.209. The molecule has 1 aliphatic heterocycles. The van der Waals surface area contributed by atoms with Crippen molar-refractivity contribution in [2.45, 2.75) is 12.8 Å². The minimum atomic E-state index is -4.64. The van der Waals surface area contributed by atoms with Crippen molar-refractivity contribution in [2.24, 2.45) is 0 Å². The van der Waals surface area contributed by atoms with Crippen LogP contribution in [0.5, 0.6) is 11.5 Å². The molecule has 0 aromatic heterocycles. The summed E-state index contributed by atoms with van der Waals surface area (Å²) < 4.78 is 49.9. The molecule has 4 rings (SSSR count). The van der Waals surface area contributed by atoms with Gasteiger partial charge in [0.05, 0.1) is 23.3 Å². The molecule has 0 saturated carbocycles. The van der Waals surface area contributed by atoms with Crippen LogP contribution in [0.2, 0.25) is 5.02 Å². The van der Waals surface area contributed by atoms with E-state index >= 15 is 0 Å². The van der Waals surface area contributed by atoms with Crippen LogP contribution in [-0.2, 0) is 22.4 Å². The molecule has 0 atom stereocenters. The van der Waals surface area contributed by atoms with Gasteiger partial charge in [0.1, 0.15) is 24.7 Å². The summed E-state index contributed by atoms with van der Waals surface area (Å²) in [4.78, 5) is 38.6. The van der Waals surface area contributed by atoms with Crippen LogP contribution in [0.1, 0.15) is 16.7 Å². The number of carbonyl (C=O) groups excluding carboxylic acids is 3. The molecule has 1 N–H and O–H groups in total. The molecule has 0 bridgehead atoms. The lowest BCUT2D eigenvalue weighted by Crippen LogP contribution is -2.36. The summed E-state index contributed by atoms with van der Waals surface area (Å²) in [7, 11) is 1.23. The van der Waals surface area contributed by atoms with Gasteiger partial charge in [-0.1, -0.05) is 41.9 Å². The van der Waals surface area contributed by atoms with Gasteiger partial charge in [0.25, 0.3) is 11.1 Å². The van der Waals surface area contributed by atoms with Gasteiger partial charge in [0, 0.05) is 10.6 Å². The molecule has 202 valence electrons. The van der Waals surface area contributed by atoms with Crippen molar-refractivity contribution >= 4 is 52.2 Å². The van der Waals surface area contributed by atoms with E-state index in [-0.39, 0.29) is 22.9 Å². The lowest BCUT2D eigenvalue weighted by Gasteiger charge is -2.16. The minimum absolute atomic E-state index is 0.00956. The molecule has 3 aromatic rings. The predicted molar refractivity (Wildman–Crippen MR) is 142 cm³/mol. The number of halogens is 4. The number of carbonyl (C=O) groups is 3. The lowest BCUT2D eigenvalue weighted by atomic mass is 10.1. The van der Waals surface area contributed by atoms with Gasteiger partial charge in [-0.15, -0.1) is 0 Å². The standard InChI is InChI=1S/C27H20ClF3N2O5S/c1-37-22-11-8-18(27(29,30)31)13-21(22)32-24(34)14-33-25(35)23(39-26(33)36)12-16-6-9-19(10-7-16)38-15-17-4-2-3-5-20(17)28/h2-13H,14-15H2,1H3,(H,32,34)/b23-12-. The van der Waals surface area contributed by atoms with Gasteiger partial charge in [-0.05, 0) is 59.8 Å². The number of amides is 3. The van der Waals surface area contributed by atoms with Crippen LogP contribution in [0.15, 0.2) is 71.6 Å². The Morgan fingerprint density at radius 3 is 2.46 bits per heavy atom. The van der Waals surface area contributed by atoms with E-state index in [4.69, 9.17) is 21.1 Å². The molecular weight excluding hydrogens is 557 g/mol. The number of benzene rings is 3. The Hall–Kier alpha value is -3.96. The second-order valence-corrected chi connectivity index (χ2v) is 9.58. The fourth-order valence-corrected chi connectivity index (χ4v) is 4.57. The monoisotopic (exact) mass is 576 g/mol. The predicted octanol–water partition coefficient (Wildman–Crippen LogP) is 6.62. The number of imide groups is 1. The third-order valence-corrected chi connectivity index (χ3v) is 6.78. The van der Waals surface area contributed by atoms with E-state index in [9.17, 15) is 27.6 Å². The van der Waals surface area contributed by atoms with E-state index in [0.29, 0.717) is 39.1 Å². The van der Waals surface area contributed by atoms with Gasteiger partial charge in [0.2, 0.25) is 5.91 Å². The molecule has 0 radical (unpaired) electrons. The average Bonchev–Trinajstić information content (AvgIpc) is 3.15. The molecule has 39 heavy (non-hydrogen) atoms. The third kappa shape index (κ3) is 6.92. The summed E-state index contributed by atoms with van der Waals surface area (Å²) >= 11 is 6.78. The molecule has 12 heteroatoms. The second-order valence-electron chi connectivity index (χ2n) is 8.18. The van der Waals surface area contributed by atoms with Crippen molar-refractivity contribution < 1.29 is 37.0 Å². The van der Waals surface area contributed by atoms with Crippen LogP contribution < -0.4 is 14.8 Å². The zero-order chi connectivity index (χ0) is 28.2. The fourth-order valence-electron chi connectivity index (χ4n) is 3.54. The van der Waals surface area contributed by atoms with E-state index in [2.05, 4.69) is 5.32 Å². The summed E-state index contributed by atoms with van der Waals surface area (Å²) in [6, 6.07) is 16.7. The highest BCUT2D eigenvalue weighted by Crippen LogP contribution is 2.36. The Balaban J connectivity index is 1.39. The molecule has 1 saturated heterocycles. The molecular formula is C27H20ClF3N2O5S. The summed E-state index contributed by atoms with van der Waals surface area (Å²) in [5, 5.41) is 2.19. The topological polar surface area (TPSA) is 84.9 Å². The molecule has 3 amide bonds. The van der Waals surface area contributed by atoms with Crippen molar-refractivity contribution in [1.82, 2.24) is 4.90 Å². The van der Waals surface area contributed by atoms with E-state index < -0.39 is 35.3 Å². The van der Waals surface area contributed by atoms with Gasteiger partial charge in [-0.2, -0.15) is 13.2 Å². The van der Waals surface area contributed by atoms with Gasteiger partial charge in [-0.3, -0.25) is 19.3 Å². The van der Waals surface area contributed by atoms with Gasteiger partial charge in [0.15, 0.2) is 0 Å². The van der Waals surface area contributed by atoms with E-state index in [1.54, 1.807) is 30.3 Å². The van der Waals surface area contributed by atoms with Crippen LogP contribution in [-0.4, -0.2) is 35.6 Å². The Morgan fingerprint density at radius 1 is 1.08 bits per heavy atom. The van der Waals surface area contributed by atoms with Crippen molar-refractivity contribution in [3.8, 4) is 11.5 Å². The van der Waals surface area contributed by atoms with Crippen molar-refractivity contribution in [2.75, 3.05) is 19.0 Å². The first kappa shape index (κ1) is 28.1. The van der Waals surface area contributed by atoms with Crippen molar-refractivity contribution in [1.29, 1.82) is 0 Å². The van der Waals surface area contributed by atoms with E-state index in [1.165, 1.54) is 13.2 Å². The Morgan fingerprint density at radius 2 is 1.79 bits per heavy atom. The second kappa shape index (κ2) is 11.8. The number of nitrogens with one attached hydrogen (secondary N) is 1. The number of alkyl halides is 3. The maximum absolute atomic E-state index is 13.1. The molecule has 0 spiro atoms. The number of hydrogen-bond donors (Lipinski definition) is 1. The van der Waals surface area contributed by atoms with Crippen molar-refractivity contribution in [3.63, 3.8) is 0 Å². The molecule has 1 fully saturated rings. The molecule has 1 heterocycles. The highest BCUT2D eigenvalue weighted by Gasteiger charge is 2.37. The number of ether oxygens (including phenoxy) is 2. The molecule has 1 aliphatic rings. The van der Waals surface area contributed by atoms with Crippen LogP contribution >= 0.6 is 23.4 Å². The first-order valence-corrected chi connectivity index (χ1v) is 12.5. The van der Waals surface area contributed by atoms with Crippen LogP contribution in [0.25, 0.3) is 6.08 Å². The number of hydrogen-bond acceptors (Lipinski definition) is 6. The van der Waals surface area contributed by atoms with Crippen LogP contribution in [0, 0.1) is 0 Å². The van der Waals surface area contributed by atoms with Crippen LogP contribution in [0.3, 0.4) is 0 Å². The smallest absolute Gasteiger partial charge is 0.416 e. The number of anilines is 1. The Bertz CT molecular complexity index is 1440. The summed E-state index contributed by atoms with van der Waals surface area (Å²) in [6.45, 7) is -0.414. The maximum Gasteiger partial charge on any atom is 0.416 e. The number of rotatable bonds is 8. The molecule has 0 unspecified atom stereocenters. The van der Waals surface area contributed by atoms with E-state index in [0.717, 1.165) is 17.7 Å². The zero-order valence-corrected chi connectivity index (χ0v) is 21.8. The summed E-state index contributed by atoms with van der Waals surface area (Å²) in [6.07, 6.45) is -3.14. The van der Waals surface area contributed by atoms with Crippen LogP contribution in [0.4, 0.5) is 23.7 Å². The normalized spacial score (nSPS) is 14.6. The van der Waals surface area contributed by atoms with Gasteiger partial charge < -0.3 is 14.8 Å². The number of nitrogens with zero attached hydrogens (tertiary/aromatic N) is 1. The third-order valence-electron chi connectivity index (χ3n) is 5.51. The zero-order valence-electron chi connectivity index (χ0n) is 20.3. The largest absolute Gasteiger partial charge is 0.495 e. The molecule has 7 nitrogen and oxygen atoms in total. The Labute approximate surface area is 230 Å². The highest BCUT2D eigenvalue weighted by molar-refractivity contribution is 8.18. The first-order valence-electron chi connectivity index (χ1n) is 11.3. The first-order chi connectivity index (χ1) is 18.5. The fraction of sp³-hybridized carbons (Fsp3) is 0.148. The van der Waals surface area contributed by atoms with Gasteiger partial charge >= 0.3 is 6.18 Å². The SMILES string of the molecule is COc1ccc(C(F)(F)F)cc1NC(=O)CN1C(=O)S/C(=C\c2ccc(OCc3ccccc3Cl)cc2)C1=O. The minimum Gasteiger partial charge on any atom is -0.495 e. The maximum atomic E-state index is 13.1. The molecule has 0 aliphatic carbocycles. The quantitative estimate of drug-likeness (QED) is 0.303. The van der Waals surface area contributed by atoms with E-state index in [1.807, 2.05) is 18.2 Å². The van der Waals surface area contributed by atoms with Crippen molar-refractivity contribution in [3.05, 3.63) is 93.3 Å². The number of methoxy groups -OCH3 is 1. The molecule has 3 aromatic carbocycles.